The van der Waals surface area contributed by atoms with Gasteiger partial charge in [0.1, 0.15) is 11.9 Å². The molecule has 4 aliphatic rings. The van der Waals surface area contributed by atoms with E-state index in [-0.39, 0.29) is 5.54 Å². The van der Waals surface area contributed by atoms with E-state index in [2.05, 4.69) is 29.1 Å². The lowest BCUT2D eigenvalue weighted by molar-refractivity contribution is -0.0974. The zero-order chi connectivity index (χ0) is 14.7. The van der Waals surface area contributed by atoms with Crippen LogP contribution in [-0.4, -0.2) is 15.5 Å². The maximum absolute atomic E-state index is 8.83. The van der Waals surface area contributed by atoms with Crippen molar-refractivity contribution < 1.29 is 0 Å². The molecule has 0 saturated heterocycles. The quantitative estimate of drug-likeness (QED) is 0.901. The van der Waals surface area contributed by atoms with E-state index >= 15 is 0 Å². The average Bonchev–Trinajstić information content (AvgIpc) is 2.34. The second-order valence-corrected chi connectivity index (χ2v) is 8.43. The summed E-state index contributed by atoms with van der Waals surface area (Å²) in [7, 11) is 0. The summed E-state index contributed by atoms with van der Waals surface area (Å²) in [6.07, 6.45) is 11.2. The number of hydrogen-bond donors (Lipinski definition) is 1. The van der Waals surface area contributed by atoms with E-state index < -0.39 is 0 Å². The summed E-state index contributed by atoms with van der Waals surface area (Å²) in [5, 5.41) is 12.5. The average molecular weight is 282 g/mol. The van der Waals surface area contributed by atoms with Gasteiger partial charge >= 0.3 is 0 Å². The monoisotopic (exact) mass is 282 g/mol. The molecular weight excluding hydrogens is 260 g/mol. The van der Waals surface area contributed by atoms with Crippen LogP contribution in [0.15, 0.2) is 12.4 Å². The lowest BCUT2D eigenvalue weighted by Crippen LogP contribution is -2.61. The number of hydrogen-bond acceptors (Lipinski definition) is 4. The molecule has 4 saturated carbocycles. The summed E-state index contributed by atoms with van der Waals surface area (Å²) < 4.78 is 0. The standard InChI is InChI=1S/C17H22N4/c1-15-3-12-4-16(2,9-15)11-17(5-12,10-15)21-14-8-19-13(6-18)7-20-14/h7-8,12H,3-5,9-11H2,1-2H3,(H,20,21). The van der Waals surface area contributed by atoms with E-state index in [1.807, 2.05) is 6.07 Å². The number of anilines is 1. The van der Waals surface area contributed by atoms with Crippen molar-refractivity contribution in [3.05, 3.63) is 18.1 Å². The van der Waals surface area contributed by atoms with Gasteiger partial charge in [-0.3, -0.25) is 0 Å². The van der Waals surface area contributed by atoms with E-state index in [9.17, 15) is 0 Å². The maximum Gasteiger partial charge on any atom is 0.158 e. The summed E-state index contributed by atoms with van der Waals surface area (Å²) in [4.78, 5) is 8.52. The Morgan fingerprint density at radius 1 is 1.10 bits per heavy atom. The van der Waals surface area contributed by atoms with Gasteiger partial charge in [-0.05, 0) is 55.3 Å². The van der Waals surface area contributed by atoms with Crippen molar-refractivity contribution in [3.8, 4) is 6.07 Å². The fraction of sp³-hybridized carbons (Fsp3) is 0.706. The lowest BCUT2D eigenvalue weighted by Gasteiger charge is -2.65. The maximum atomic E-state index is 8.83. The Balaban J connectivity index is 1.63. The second kappa shape index (κ2) is 3.97. The Labute approximate surface area is 126 Å². The molecule has 1 heterocycles. The van der Waals surface area contributed by atoms with Gasteiger partial charge in [-0.25, -0.2) is 9.97 Å². The molecule has 4 bridgehead atoms. The highest BCUT2D eigenvalue weighted by Crippen LogP contribution is 2.66. The minimum absolute atomic E-state index is 0.186. The van der Waals surface area contributed by atoms with Crippen LogP contribution in [0.2, 0.25) is 0 Å². The molecule has 4 fully saturated rings. The molecule has 1 N–H and O–H groups in total. The van der Waals surface area contributed by atoms with Crippen LogP contribution < -0.4 is 5.32 Å². The Morgan fingerprint density at radius 2 is 1.81 bits per heavy atom. The third-order valence-corrected chi connectivity index (χ3v) is 5.79. The second-order valence-electron chi connectivity index (χ2n) is 8.43. The normalized spacial score (nSPS) is 43.6. The van der Waals surface area contributed by atoms with Gasteiger partial charge in [0.05, 0.1) is 12.4 Å². The van der Waals surface area contributed by atoms with Crippen LogP contribution in [0.5, 0.6) is 0 Å². The molecule has 2 atom stereocenters. The van der Waals surface area contributed by atoms with Crippen LogP contribution in [0.1, 0.15) is 58.1 Å². The van der Waals surface area contributed by atoms with Gasteiger partial charge in [-0.1, -0.05) is 13.8 Å². The number of nitriles is 1. The Hall–Kier alpha value is -1.63. The highest BCUT2D eigenvalue weighted by atomic mass is 15.1. The number of nitrogens with zero attached hydrogens (tertiary/aromatic N) is 3. The van der Waals surface area contributed by atoms with Crippen molar-refractivity contribution in [3.63, 3.8) is 0 Å². The predicted octanol–water partition coefficient (Wildman–Crippen LogP) is 3.51. The van der Waals surface area contributed by atoms with Crippen molar-refractivity contribution in [1.82, 2.24) is 9.97 Å². The highest BCUT2D eigenvalue weighted by Gasteiger charge is 2.60. The molecule has 21 heavy (non-hydrogen) atoms. The van der Waals surface area contributed by atoms with Crippen LogP contribution in [0, 0.1) is 28.1 Å². The molecule has 1 aromatic heterocycles. The molecule has 4 heteroatoms. The molecule has 5 rings (SSSR count). The first-order valence-electron chi connectivity index (χ1n) is 7.92. The first kappa shape index (κ1) is 13.1. The smallest absolute Gasteiger partial charge is 0.158 e. The molecule has 0 amide bonds. The third-order valence-electron chi connectivity index (χ3n) is 5.79. The zero-order valence-electron chi connectivity index (χ0n) is 12.8. The summed E-state index contributed by atoms with van der Waals surface area (Å²) >= 11 is 0. The van der Waals surface area contributed by atoms with Gasteiger partial charge in [0, 0.05) is 5.54 Å². The predicted molar refractivity (Wildman–Crippen MR) is 80.5 cm³/mol. The number of nitrogens with one attached hydrogen (secondary N) is 1. The first-order chi connectivity index (χ1) is 9.92. The topological polar surface area (TPSA) is 61.6 Å². The summed E-state index contributed by atoms with van der Waals surface area (Å²) in [5.41, 5.74) is 1.54. The fourth-order valence-electron chi connectivity index (χ4n) is 6.31. The van der Waals surface area contributed by atoms with Crippen molar-refractivity contribution in [2.24, 2.45) is 16.7 Å². The molecule has 4 aliphatic carbocycles. The van der Waals surface area contributed by atoms with E-state index in [1.165, 1.54) is 38.5 Å². The molecule has 0 radical (unpaired) electrons. The minimum Gasteiger partial charge on any atom is -0.363 e. The zero-order valence-corrected chi connectivity index (χ0v) is 12.8. The van der Waals surface area contributed by atoms with Gasteiger partial charge in [0.25, 0.3) is 0 Å². The third kappa shape index (κ3) is 2.10. The van der Waals surface area contributed by atoms with Crippen LogP contribution >= 0.6 is 0 Å². The van der Waals surface area contributed by atoms with E-state index in [1.54, 1.807) is 12.4 Å². The van der Waals surface area contributed by atoms with E-state index in [0.717, 1.165) is 11.7 Å². The van der Waals surface area contributed by atoms with Crippen molar-refractivity contribution in [2.45, 2.75) is 57.9 Å². The Morgan fingerprint density at radius 3 is 2.33 bits per heavy atom. The molecule has 0 spiro atoms. The van der Waals surface area contributed by atoms with E-state index in [4.69, 9.17) is 5.26 Å². The molecule has 110 valence electrons. The van der Waals surface area contributed by atoms with Crippen LogP contribution in [0.25, 0.3) is 0 Å². The summed E-state index contributed by atoms with van der Waals surface area (Å²) in [6, 6.07) is 2.02. The van der Waals surface area contributed by atoms with Gasteiger partial charge in [0.15, 0.2) is 5.69 Å². The molecule has 4 nitrogen and oxygen atoms in total. The van der Waals surface area contributed by atoms with E-state index in [0.29, 0.717) is 16.5 Å². The molecular formula is C17H22N4. The summed E-state index contributed by atoms with van der Waals surface area (Å²) in [5.74, 6) is 1.68. The van der Waals surface area contributed by atoms with Gasteiger partial charge in [-0.15, -0.1) is 0 Å². The SMILES string of the molecule is CC12CC3CC(C)(C1)CC(Nc1cnc(C#N)cn1)(C3)C2. The Kier molecular flexibility index (Phi) is 2.47. The van der Waals surface area contributed by atoms with Crippen LogP contribution in [0.3, 0.4) is 0 Å². The fourth-order valence-corrected chi connectivity index (χ4v) is 6.31. The van der Waals surface area contributed by atoms with Crippen LogP contribution in [-0.2, 0) is 0 Å². The number of aromatic nitrogens is 2. The first-order valence-corrected chi connectivity index (χ1v) is 7.92. The molecule has 2 unspecified atom stereocenters. The molecule has 0 aliphatic heterocycles. The molecule has 1 aromatic rings. The van der Waals surface area contributed by atoms with Crippen LogP contribution in [0.4, 0.5) is 5.82 Å². The van der Waals surface area contributed by atoms with Gasteiger partial charge < -0.3 is 5.32 Å². The van der Waals surface area contributed by atoms with Crippen molar-refractivity contribution >= 4 is 5.82 Å². The van der Waals surface area contributed by atoms with Gasteiger partial charge in [0.2, 0.25) is 0 Å². The molecule has 0 aromatic carbocycles. The van der Waals surface area contributed by atoms with Crippen molar-refractivity contribution in [1.29, 1.82) is 5.26 Å². The lowest BCUT2D eigenvalue weighted by atomic mass is 9.43. The number of rotatable bonds is 2. The Bertz CT molecular complexity index is 597. The van der Waals surface area contributed by atoms with Crippen molar-refractivity contribution in [2.75, 3.05) is 5.32 Å². The summed E-state index contributed by atoms with van der Waals surface area (Å²) in [6.45, 7) is 4.94. The minimum atomic E-state index is 0.186. The largest absolute Gasteiger partial charge is 0.363 e. The highest BCUT2D eigenvalue weighted by molar-refractivity contribution is 5.39. The van der Waals surface area contributed by atoms with Gasteiger partial charge in [-0.2, -0.15) is 5.26 Å².